The zero-order valence-electron chi connectivity index (χ0n) is 15.0. The molecule has 1 amide bonds. The number of ether oxygens (including phenoxy) is 1. The first-order chi connectivity index (χ1) is 13.2. The highest BCUT2D eigenvalue weighted by Gasteiger charge is 2.04. The van der Waals surface area contributed by atoms with E-state index in [4.69, 9.17) is 4.74 Å². The van der Waals surface area contributed by atoms with E-state index >= 15 is 0 Å². The Morgan fingerprint density at radius 2 is 1.96 bits per heavy atom. The van der Waals surface area contributed by atoms with Crippen LogP contribution in [0.25, 0.3) is 10.8 Å². The van der Waals surface area contributed by atoms with E-state index in [2.05, 4.69) is 15.8 Å². The van der Waals surface area contributed by atoms with Crippen LogP contribution in [0.5, 0.6) is 11.5 Å². The molecule has 0 heterocycles. The summed E-state index contributed by atoms with van der Waals surface area (Å²) >= 11 is 0. The summed E-state index contributed by atoms with van der Waals surface area (Å²) in [4.78, 5) is 12.0. The van der Waals surface area contributed by atoms with Crippen molar-refractivity contribution in [3.63, 3.8) is 0 Å². The lowest BCUT2D eigenvalue weighted by Gasteiger charge is -2.09. The first kappa shape index (κ1) is 18.3. The molecule has 0 saturated heterocycles. The van der Waals surface area contributed by atoms with E-state index in [9.17, 15) is 9.90 Å². The molecule has 0 spiro atoms. The molecule has 0 aliphatic heterocycles. The second-order valence-corrected chi connectivity index (χ2v) is 5.83. The van der Waals surface area contributed by atoms with E-state index in [-0.39, 0.29) is 18.2 Å². The molecule has 0 unspecified atom stereocenters. The molecule has 0 aliphatic rings. The number of aromatic hydroxyl groups is 1. The van der Waals surface area contributed by atoms with Gasteiger partial charge in [-0.05, 0) is 42.1 Å². The van der Waals surface area contributed by atoms with Crippen LogP contribution in [-0.4, -0.2) is 30.4 Å². The minimum atomic E-state index is -0.261. The SMILES string of the molecule is CCOc1cc(C=NNC(=O)CNc2cccc3ccccc23)ccc1O. The molecule has 3 aromatic rings. The Balaban J connectivity index is 1.57. The minimum absolute atomic E-state index is 0.0670. The van der Waals surface area contributed by atoms with Crippen LogP contribution < -0.4 is 15.5 Å². The lowest BCUT2D eigenvalue weighted by molar-refractivity contribution is -0.119. The number of carbonyl (C=O) groups is 1. The molecular weight excluding hydrogens is 342 g/mol. The van der Waals surface area contributed by atoms with Crippen LogP contribution in [0.3, 0.4) is 0 Å². The van der Waals surface area contributed by atoms with Gasteiger partial charge < -0.3 is 15.2 Å². The summed E-state index contributed by atoms with van der Waals surface area (Å²) in [5.74, 6) is 0.186. The smallest absolute Gasteiger partial charge is 0.259 e. The highest BCUT2D eigenvalue weighted by atomic mass is 16.5. The fourth-order valence-corrected chi connectivity index (χ4v) is 2.66. The maximum Gasteiger partial charge on any atom is 0.259 e. The van der Waals surface area contributed by atoms with Crippen molar-refractivity contribution in [3.8, 4) is 11.5 Å². The number of anilines is 1. The van der Waals surface area contributed by atoms with Gasteiger partial charge in [0.15, 0.2) is 11.5 Å². The molecule has 6 nitrogen and oxygen atoms in total. The fraction of sp³-hybridized carbons (Fsp3) is 0.143. The second-order valence-electron chi connectivity index (χ2n) is 5.83. The summed E-state index contributed by atoms with van der Waals surface area (Å²) in [7, 11) is 0. The predicted octanol–water partition coefficient (Wildman–Crippen LogP) is 3.51. The number of amides is 1. The van der Waals surface area contributed by atoms with Gasteiger partial charge in [-0.25, -0.2) is 5.43 Å². The van der Waals surface area contributed by atoms with Gasteiger partial charge in [0.25, 0.3) is 5.91 Å². The lowest BCUT2D eigenvalue weighted by atomic mass is 10.1. The van der Waals surface area contributed by atoms with Gasteiger partial charge in [-0.1, -0.05) is 36.4 Å². The maximum atomic E-state index is 12.0. The molecule has 0 aliphatic carbocycles. The third-order valence-electron chi connectivity index (χ3n) is 3.92. The zero-order valence-corrected chi connectivity index (χ0v) is 15.0. The molecule has 0 aromatic heterocycles. The molecule has 3 N–H and O–H groups in total. The van der Waals surface area contributed by atoms with E-state index in [0.717, 1.165) is 16.5 Å². The number of rotatable bonds is 7. The molecule has 0 atom stereocenters. The largest absolute Gasteiger partial charge is 0.504 e. The highest BCUT2D eigenvalue weighted by molar-refractivity contribution is 5.95. The van der Waals surface area contributed by atoms with E-state index < -0.39 is 0 Å². The Kier molecular flexibility index (Phi) is 5.89. The monoisotopic (exact) mass is 363 g/mol. The normalized spacial score (nSPS) is 10.9. The van der Waals surface area contributed by atoms with Gasteiger partial charge in [-0.15, -0.1) is 0 Å². The van der Waals surface area contributed by atoms with Crippen molar-refractivity contribution >= 4 is 28.6 Å². The van der Waals surface area contributed by atoms with Crippen LogP contribution in [0.1, 0.15) is 12.5 Å². The number of fused-ring (bicyclic) bond motifs is 1. The molecule has 27 heavy (non-hydrogen) atoms. The molecule has 0 fully saturated rings. The average Bonchev–Trinajstić information content (AvgIpc) is 2.69. The molecular formula is C21H21N3O3. The van der Waals surface area contributed by atoms with Crippen LogP contribution in [-0.2, 0) is 4.79 Å². The van der Waals surface area contributed by atoms with Crippen molar-refractivity contribution in [3.05, 3.63) is 66.2 Å². The van der Waals surface area contributed by atoms with Gasteiger partial charge in [0, 0.05) is 11.1 Å². The lowest BCUT2D eigenvalue weighted by Crippen LogP contribution is -2.25. The Hall–Kier alpha value is -3.54. The highest BCUT2D eigenvalue weighted by Crippen LogP contribution is 2.26. The topological polar surface area (TPSA) is 83.0 Å². The number of carbonyl (C=O) groups excluding carboxylic acids is 1. The van der Waals surface area contributed by atoms with E-state index in [1.807, 2.05) is 49.4 Å². The summed E-state index contributed by atoms with van der Waals surface area (Å²) in [6, 6.07) is 18.7. The molecule has 3 rings (SSSR count). The third-order valence-corrected chi connectivity index (χ3v) is 3.92. The Morgan fingerprint density at radius 1 is 1.15 bits per heavy atom. The van der Waals surface area contributed by atoms with Crippen molar-refractivity contribution in [2.45, 2.75) is 6.92 Å². The van der Waals surface area contributed by atoms with Crippen LogP contribution in [0.4, 0.5) is 5.69 Å². The summed E-state index contributed by atoms with van der Waals surface area (Å²) in [5.41, 5.74) is 4.08. The van der Waals surface area contributed by atoms with Gasteiger partial charge in [-0.3, -0.25) is 4.79 Å². The van der Waals surface area contributed by atoms with Crippen LogP contribution in [0, 0.1) is 0 Å². The Morgan fingerprint density at radius 3 is 2.81 bits per heavy atom. The van der Waals surface area contributed by atoms with Crippen molar-refractivity contribution in [2.75, 3.05) is 18.5 Å². The maximum absolute atomic E-state index is 12.0. The van der Waals surface area contributed by atoms with Crippen molar-refractivity contribution < 1.29 is 14.6 Å². The van der Waals surface area contributed by atoms with Gasteiger partial charge >= 0.3 is 0 Å². The van der Waals surface area contributed by atoms with Crippen molar-refractivity contribution in [1.82, 2.24) is 5.43 Å². The standard InChI is InChI=1S/C21H21N3O3/c1-2-27-20-12-15(10-11-19(20)25)13-23-24-21(26)14-22-18-9-5-7-16-6-3-4-8-17(16)18/h3-13,22,25H,2,14H2,1H3,(H,24,26). The van der Waals surface area contributed by atoms with Gasteiger partial charge in [0.1, 0.15) is 0 Å². The van der Waals surface area contributed by atoms with Crippen LogP contribution in [0.15, 0.2) is 65.8 Å². The molecule has 0 saturated carbocycles. The number of hydrogen-bond acceptors (Lipinski definition) is 5. The zero-order chi connectivity index (χ0) is 19.1. The average molecular weight is 363 g/mol. The first-order valence-electron chi connectivity index (χ1n) is 8.66. The minimum Gasteiger partial charge on any atom is -0.504 e. The van der Waals surface area contributed by atoms with Gasteiger partial charge in [0.2, 0.25) is 0 Å². The fourth-order valence-electron chi connectivity index (χ4n) is 2.66. The number of phenols is 1. The molecule has 138 valence electrons. The number of benzene rings is 3. The summed E-state index contributed by atoms with van der Waals surface area (Å²) in [5, 5.41) is 18.9. The molecule has 6 heteroatoms. The molecule has 0 radical (unpaired) electrons. The first-order valence-corrected chi connectivity index (χ1v) is 8.66. The van der Waals surface area contributed by atoms with Crippen LogP contribution in [0.2, 0.25) is 0 Å². The van der Waals surface area contributed by atoms with Crippen molar-refractivity contribution in [1.29, 1.82) is 0 Å². The molecule has 3 aromatic carbocycles. The quantitative estimate of drug-likeness (QED) is 0.443. The number of nitrogens with zero attached hydrogens (tertiary/aromatic N) is 1. The number of phenolic OH excluding ortho intramolecular Hbond substituents is 1. The third kappa shape index (κ3) is 4.76. The van der Waals surface area contributed by atoms with Crippen LogP contribution >= 0.6 is 0 Å². The van der Waals surface area contributed by atoms with E-state index in [0.29, 0.717) is 17.9 Å². The summed E-state index contributed by atoms with van der Waals surface area (Å²) in [6.45, 7) is 2.39. The second kappa shape index (κ2) is 8.71. The summed E-state index contributed by atoms with van der Waals surface area (Å²) in [6.07, 6.45) is 1.50. The number of hydrazone groups is 1. The Labute approximate surface area is 157 Å². The van der Waals surface area contributed by atoms with E-state index in [1.165, 1.54) is 12.3 Å². The Bertz CT molecular complexity index is 965. The summed E-state index contributed by atoms with van der Waals surface area (Å²) < 4.78 is 5.32. The number of nitrogens with one attached hydrogen (secondary N) is 2. The van der Waals surface area contributed by atoms with Gasteiger partial charge in [0.05, 0.1) is 19.4 Å². The number of hydrogen-bond donors (Lipinski definition) is 3. The van der Waals surface area contributed by atoms with Gasteiger partial charge in [-0.2, -0.15) is 5.10 Å². The van der Waals surface area contributed by atoms with E-state index in [1.54, 1.807) is 12.1 Å². The molecule has 0 bridgehead atoms. The van der Waals surface area contributed by atoms with Crippen molar-refractivity contribution in [2.24, 2.45) is 5.10 Å². The predicted molar refractivity (Wildman–Crippen MR) is 107 cm³/mol.